The Labute approximate surface area is 101 Å². The molecule has 0 aromatic heterocycles. The van der Waals surface area contributed by atoms with Crippen LogP contribution in [0, 0.1) is 5.92 Å². The van der Waals surface area contributed by atoms with Crippen LogP contribution in [0.15, 0.2) is 0 Å². The molecule has 6 heteroatoms. The van der Waals surface area contributed by atoms with Crippen molar-refractivity contribution in [1.29, 1.82) is 0 Å². The van der Waals surface area contributed by atoms with Gasteiger partial charge in [-0.05, 0) is 5.92 Å². The van der Waals surface area contributed by atoms with Crippen molar-refractivity contribution in [3.8, 4) is 0 Å². The van der Waals surface area contributed by atoms with Gasteiger partial charge in [0.15, 0.2) is 0 Å². The fourth-order valence-electron chi connectivity index (χ4n) is 1.24. The number of halogens is 1. The van der Waals surface area contributed by atoms with E-state index in [9.17, 15) is 9.59 Å². The van der Waals surface area contributed by atoms with Crippen LogP contribution in [0.3, 0.4) is 0 Å². The summed E-state index contributed by atoms with van der Waals surface area (Å²) < 4.78 is 4.66. The first-order valence-electron chi connectivity index (χ1n) is 5.09. The number of alkyl halides is 1. The molecule has 0 aliphatic rings. The number of likely N-dealkylation sites (N-methyl/N-ethyl adjacent to an activating group) is 1. The van der Waals surface area contributed by atoms with Crippen molar-refractivity contribution in [3.05, 3.63) is 0 Å². The summed E-state index contributed by atoms with van der Waals surface area (Å²) in [5.74, 6) is -0.527. The van der Waals surface area contributed by atoms with Crippen molar-refractivity contribution < 1.29 is 14.3 Å². The lowest BCUT2D eigenvalue weighted by Crippen LogP contribution is -2.53. The smallest absolute Gasteiger partial charge is 0.323 e. The largest absolute Gasteiger partial charge is 0.468 e. The second-order valence-corrected chi connectivity index (χ2v) is 4.04. The fraction of sp³-hybridized carbons (Fsp3) is 0.800. The summed E-state index contributed by atoms with van der Waals surface area (Å²) in [7, 11) is 2.83. The third kappa shape index (κ3) is 4.37. The van der Waals surface area contributed by atoms with Crippen LogP contribution in [0.1, 0.15) is 13.8 Å². The summed E-state index contributed by atoms with van der Waals surface area (Å²) in [6.07, 6.45) is 0. The predicted molar refractivity (Wildman–Crippen MR) is 62.4 cm³/mol. The number of carbonyl (C=O) groups excluding carboxylic acids is 2. The molecule has 1 unspecified atom stereocenters. The van der Waals surface area contributed by atoms with E-state index in [1.54, 1.807) is 0 Å². The van der Waals surface area contributed by atoms with Crippen molar-refractivity contribution in [2.45, 2.75) is 25.9 Å². The third-order valence-corrected chi connectivity index (χ3v) is 2.53. The van der Waals surface area contributed by atoms with Gasteiger partial charge in [-0.25, -0.2) is 0 Å². The van der Waals surface area contributed by atoms with E-state index < -0.39 is 18.1 Å². The number of amides is 1. The Balaban J connectivity index is 4.59. The lowest BCUT2D eigenvalue weighted by molar-refractivity contribution is -0.144. The lowest BCUT2D eigenvalue weighted by Gasteiger charge is -2.24. The first-order chi connectivity index (χ1) is 7.47. The van der Waals surface area contributed by atoms with Gasteiger partial charge in [0.1, 0.15) is 12.1 Å². The van der Waals surface area contributed by atoms with Crippen molar-refractivity contribution in [1.82, 2.24) is 10.6 Å². The highest BCUT2D eigenvalue weighted by atomic mass is 35.5. The van der Waals surface area contributed by atoms with Gasteiger partial charge in [-0.1, -0.05) is 13.8 Å². The molecule has 0 saturated carbocycles. The van der Waals surface area contributed by atoms with E-state index in [2.05, 4.69) is 15.4 Å². The van der Waals surface area contributed by atoms with Gasteiger partial charge in [0.25, 0.3) is 0 Å². The quantitative estimate of drug-likeness (QED) is 0.519. The van der Waals surface area contributed by atoms with Gasteiger partial charge in [0, 0.05) is 12.9 Å². The molecule has 0 rings (SSSR count). The van der Waals surface area contributed by atoms with Gasteiger partial charge in [0.2, 0.25) is 5.91 Å². The first kappa shape index (κ1) is 15.2. The van der Waals surface area contributed by atoms with Crippen LogP contribution >= 0.6 is 11.6 Å². The molecule has 0 saturated heterocycles. The Kier molecular flexibility index (Phi) is 7.08. The molecule has 0 bridgehead atoms. The normalized spacial score (nSPS) is 14.4. The van der Waals surface area contributed by atoms with Gasteiger partial charge >= 0.3 is 5.97 Å². The molecule has 5 nitrogen and oxygen atoms in total. The average molecular weight is 251 g/mol. The summed E-state index contributed by atoms with van der Waals surface area (Å²) in [6.45, 7) is 3.73. The zero-order chi connectivity index (χ0) is 12.7. The number of hydrogen-bond donors (Lipinski definition) is 2. The molecule has 0 aromatic carbocycles. The Morgan fingerprint density at radius 1 is 1.38 bits per heavy atom. The van der Waals surface area contributed by atoms with E-state index >= 15 is 0 Å². The van der Waals surface area contributed by atoms with Crippen LogP contribution in [0.2, 0.25) is 0 Å². The predicted octanol–water partition coefficient (Wildman–Crippen LogP) is 0.127. The Hall–Kier alpha value is -0.810. The lowest BCUT2D eigenvalue weighted by atomic mass is 10.0. The number of carbonyl (C=O) groups is 2. The van der Waals surface area contributed by atoms with Gasteiger partial charge in [-0.3, -0.25) is 14.9 Å². The zero-order valence-electron chi connectivity index (χ0n) is 10.0. The highest BCUT2D eigenvalue weighted by Crippen LogP contribution is 2.05. The van der Waals surface area contributed by atoms with Crippen LogP contribution < -0.4 is 10.6 Å². The maximum absolute atomic E-state index is 11.5. The fourth-order valence-corrected chi connectivity index (χ4v) is 1.47. The Bertz CT molecular complexity index is 246. The summed E-state index contributed by atoms with van der Waals surface area (Å²) >= 11 is 5.66. The molecular formula is C10H19ClN2O3. The maximum atomic E-state index is 11.5. The van der Waals surface area contributed by atoms with Gasteiger partial charge in [-0.2, -0.15) is 0 Å². The summed E-state index contributed by atoms with van der Waals surface area (Å²) in [5.41, 5.74) is 0. The molecule has 0 radical (unpaired) electrons. The molecule has 0 aliphatic carbocycles. The van der Waals surface area contributed by atoms with E-state index in [1.165, 1.54) is 14.2 Å². The van der Waals surface area contributed by atoms with E-state index in [0.29, 0.717) is 0 Å². The molecule has 0 spiro atoms. The van der Waals surface area contributed by atoms with Crippen LogP contribution in [0.5, 0.6) is 0 Å². The minimum Gasteiger partial charge on any atom is -0.468 e. The molecule has 1 amide bonds. The Morgan fingerprint density at radius 2 is 1.94 bits per heavy atom. The highest BCUT2D eigenvalue weighted by Gasteiger charge is 2.28. The molecule has 2 N–H and O–H groups in total. The molecule has 0 aliphatic heterocycles. The second-order valence-electron chi connectivity index (χ2n) is 3.73. The highest BCUT2D eigenvalue weighted by molar-refractivity contribution is 6.19. The number of esters is 1. The van der Waals surface area contributed by atoms with Crippen molar-refractivity contribution in [3.63, 3.8) is 0 Å². The van der Waals surface area contributed by atoms with Crippen molar-refractivity contribution in [2.24, 2.45) is 5.92 Å². The van der Waals surface area contributed by atoms with E-state index in [1.807, 2.05) is 13.8 Å². The number of hydrogen-bond acceptors (Lipinski definition) is 4. The molecule has 0 fully saturated rings. The van der Waals surface area contributed by atoms with E-state index in [-0.39, 0.29) is 17.7 Å². The Morgan fingerprint density at radius 3 is 2.25 bits per heavy atom. The third-order valence-electron chi connectivity index (χ3n) is 2.22. The standard InChI is InChI=1S/C10H19ClN2O3/c1-6(2)8(10(15)16-4)13-7(5-11)9(14)12-3/h6-8,13H,5H2,1-4H3,(H,12,14)/t7?,8-/m0/s1. The van der Waals surface area contributed by atoms with Crippen molar-refractivity contribution >= 4 is 23.5 Å². The van der Waals surface area contributed by atoms with Gasteiger partial charge in [-0.15, -0.1) is 11.6 Å². The number of nitrogens with one attached hydrogen (secondary N) is 2. The van der Waals surface area contributed by atoms with Gasteiger partial charge < -0.3 is 10.1 Å². The van der Waals surface area contributed by atoms with Crippen LogP contribution in [0.4, 0.5) is 0 Å². The maximum Gasteiger partial charge on any atom is 0.323 e. The molecule has 0 heterocycles. The van der Waals surface area contributed by atoms with Crippen molar-refractivity contribution in [2.75, 3.05) is 20.0 Å². The second kappa shape index (κ2) is 7.46. The van der Waals surface area contributed by atoms with Gasteiger partial charge in [0.05, 0.1) is 7.11 Å². The molecule has 94 valence electrons. The molecule has 16 heavy (non-hydrogen) atoms. The molecule has 0 aromatic rings. The van der Waals surface area contributed by atoms with Crippen LogP contribution in [-0.2, 0) is 14.3 Å². The van der Waals surface area contributed by atoms with E-state index in [4.69, 9.17) is 11.6 Å². The monoisotopic (exact) mass is 250 g/mol. The summed E-state index contributed by atoms with van der Waals surface area (Å²) in [5, 5.41) is 5.37. The summed E-state index contributed by atoms with van der Waals surface area (Å²) in [4.78, 5) is 22.9. The number of ether oxygens (including phenoxy) is 1. The van der Waals surface area contributed by atoms with Crippen LogP contribution in [-0.4, -0.2) is 44.0 Å². The average Bonchev–Trinajstić information content (AvgIpc) is 2.28. The minimum atomic E-state index is -0.599. The topological polar surface area (TPSA) is 67.4 Å². The van der Waals surface area contributed by atoms with E-state index in [0.717, 1.165) is 0 Å². The number of rotatable bonds is 6. The summed E-state index contributed by atoms with van der Waals surface area (Å²) in [6, 6.07) is -1.13. The first-order valence-corrected chi connectivity index (χ1v) is 5.62. The molecule has 2 atom stereocenters. The van der Waals surface area contributed by atoms with Crippen LogP contribution in [0.25, 0.3) is 0 Å². The minimum absolute atomic E-state index is 0.0165. The SMILES string of the molecule is CNC(=O)C(CCl)N[C@H](C(=O)OC)C(C)C. The number of methoxy groups -OCH3 is 1. The zero-order valence-corrected chi connectivity index (χ0v) is 10.8. The molecular weight excluding hydrogens is 232 g/mol.